The van der Waals surface area contributed by atoms with Crippen LogP contribution in [0.25, 0.3) is 0 Å². The van der Waals surface area contributed by atoms with Crippen LogP contribution in [0.1, 0.15) is 36.1 Å². The Bertz CT molecular complexity index is 615. The van der Waals surface area contributed by atoms with E-state index in [4.69, 9.17) is 9.47 Å². The zero-order valence-electron chi connectivity index (χ0n) is 14.2. The SMILES string of the molecule is CCC1c2ccc(C)cc2CCN1S(=O)(=O)CCOCCOC. The molecule has 5 nitrogen and oxygen atoms in total. The minimum Gasteiger partial charge on any atom is -0.382 e. The Morgan fingerprint density at radius 3 is 2.74 bits per heavy atom. The average molecular weight is 341 g/mol. The van der Waals surface area contributed by atoms with Gasteiger partial charge in [-0.15, -0.1) is 0 Å². The number of aryl methyl sites for hydroxylation is 1. The van der Waals surface area contributed by atoms with Crippen LogP contribution in [-0.2, 0) is 25.9 Å². The summed E-state index contributed by atoms with van der Waals surface area (Å²) in [6.45, 7) is 5.77. The molecule has 2 rings (SSSR count). The summed E-state index contributed by atoms with van der Waals surface area (Å²) >= 11 is 0. The normalized spacial score (nSPS) is 18.8. The molecule has 0 aromatic heterocycles. The average Bonchev–Trinajstić information content (AvgIpc) is 2.53. The Labute approximate surface area is 139 Å². The van der Waals surface area contributed by atoms with Gasteiger partial charge in [0.1, 0.15) is 0 Å². The van der Waals surface area contributed by atoms with Gasteiger partial charge in [0.25, 0.3) is 0 Å². The summed E-state index contributed by atoms with van der Waals surface area (Å²) in [4.78, 5) is 0. The highest BCUT2D eigenvalue weighted by Gasteiger charge is 2.34. The molecule has 0 bridgehead atoms. The number of rotatable bonds is 8. The molecule has 6 heteroatoms. The lowest BCUT2D eigenvalue weighted by atomic mass is 9.91. The molecule has 1 unspecified atom stereocenters. The van der Waals surface area contributed by atoms with E-state index in [0.29, 0.717) is 19.8 Å². The second-order valence-electron chi connectivity index (χ2n) is 5.91. The highest BCUT2D eigenvalue weighted by Crippen LogP contribution is 2.34. The van der Waals surface area contributed by atoms with Crippen LogP contribution >= 0.6 is 0 Å². The third kappa shape index (κ3) is 4.53. The van der Waals surface area contributed by atoms with Crippen LogP contribution in [0.4, 0.5) is 0 Å². The second kappa shape index (κ2) is 8.24. The van der Waals surface area contributed by atoms with Gasteiger partial charge in [-0.2, -0.15) is 4.31 Å². The Kier molecular flexibility index (Phi) is 6.59. The topological polar surface area (TPSA) is 55.8 Å². The third-order valence-corrected chi connectivity index (χ3v) is 6.10. The van der Waals surface area contributed by atoms with Crippen molar-refractivity contribution in [1.29, 1.82) is 0 Å². The molecule has 1 aromatic rings. The highest BCUT2D eigenvalue weighted by atomic mass is 32.2. The summed E-state index contributed by atoms with van der Waals surface area (Å²) in [5.74, 6) is 0.0222. The monoisotopic (exact) mass is 341 g/mol. The molecular formula is C17H27NO4S. The van der Waals surface area contributed by atoms with Gasteiger partial charge in [-0.05, 0) is 30.9 Å². The van der Waals surface area contributed by atoms with E-state index in [2.05, 4.69) is 25.1 Å². The summed E-state index contributed by atoms with van der Waals surface area (Å²) in [6, 6.07) is 6.25. The minimum absolute atomic E-state index is 0.0222. The maximum absolute atomic E-state index is 12.7. The first kappa shape index (κ1) is 18.4. The Balaban J connectivity index is 2.08. The molecule has 23 heavy (non-hydrogen) atoms. The smallest absolute Gasteiger partial charge is 0.216 e. The molecule has 1 heterocycles. The van der Waals surface area contributed by atoms with Crippen LogP contribution < -0.4 is 0 Å². The second-order valence-corrected chi connectivity index (χ2v) is 7.95. The standard InChI is InChI=1S/C17H27NO4S/c1-4-17-16-6-5-14(2)13-15(16)7-8-18(17)23(19,20)12-11-22-10-9-21-3/h5-6,13,17H,4,7-12H2,1-3H3. The van der Waals surface area contributed by atoms with Gasteiger partial charge in [0.05, 0.1) is 25.6 Å². The molecule has 0 saturated heterocycles. The number of sulfonamides is 1. The molecular weight excluding hydrogens is 314 g/mol. The first-order valence-corrected chi connectivity index (χ1v) is 9.76. The van der Waals surface area contributed by atoms with Gasteiger partial charge >= 0.3 is 0 Å². The number of benzene rings is 1. The predicted octanol–water partition coefficient (Wildman–Crippen LogP) is 2.30. The van der Waals surface area contributed by atoms with Crippen molar-refractivity contribution in [2.45, 2.75) is 32.7 Å². The van der Waals surface area contributed by atoms with Gasteiger partial charge in [-0.25, -0.2) is 8.42 Å². The van der Waals surface area contributed by atoms with E-state index in [9.17, 15) is 8.42 Å². The number of methoxy groups -OCH3 is 1. The third-order valence-electron chi connectivity index (χ3n) is 4.27. The number of hydrogen-bond acceptors (Lipinski definition) is 4. The largest absolute Gasteiger partial charge is 0.382 e. The minimum atomic E-state index is -3.32. The molecule has 1 atom stereocenters. The molecule has 1 aromatic carbocycles. The van der Waals surface area contributed by atoms with Crippen molar-refractivity contribution in [3.05, 3.63) is 34.9 Å². The fourth-order valence-electron chi connectivity index (χ4n) is 3.10. The number of ether oxygens (including phenoxy) is 2. The fourth-order valence-corrected chi connectivity index (χ4v) is 4.68. The lowest BCUT2D eigenvalue weighted by Gasteiger charge is -2.36. The summed E-state index contributed by atoms with van der Waals surface area (Å²) in [6.07, 6.45) is 1.55. The van der Waals surface area contributed by atoms with Crippen LogP contribution in [0.5, 0.6) is 0 Å². The van der Waals surface area contributed by atoms with Crippen molar-refractivity contribution in [2.24, 2.45) is 0 Å². The van der Waals surface area contributed by atoms with Crippen LogP contribution in [0.15, 0.2) is 18.2 Å². The molecule has 0 fully saturated rings. The van der Waals surface area contributed by atoms with Gasteiger partial charge in [0.2, 0.25) is 10.0 Å². The molecule has 0 saturated carbocycles. The van der Waals surface area contributed by atoms with Gasteiger partial charge in [-0.1, -0.05) is 30.7 Å². The maximum atomic E-state index is 12.7. The lowest BCUT2D eigenvalue weighted by Crippen LogP contribution is -2.41. The summed E-state index contributed by atoms with van der Waals surface area (Å²) < 4.78 is 37.2. The fraction of sp³-hybridized carbons (Fsp3) is 0.647. The molecule has 130 valence electrons. The first-order chi connectivity index (χ1) is 11.0. The van der Waals surface area contributed by atoms with E-state index in [0.717, 1.165) is 18.4 Å². The van der Waals surface area contributed by atoms with Gasteiger partial charge in [-0.3, -0.25) is 0 Å². The highest BCUT2D eigenvalue weighted by molar-refractivity contribution is 7.89. The van der Waals surface area contributed by atoms with E-state index in [-0.39, 0.29) is 18.4 Å². The lowest BCUT2D eigenvalue weighted by molar-refractivity contribution is 0.0780. The molecule has 0 aliphatic carbocycles. The van der Waals surface area contributed by atoms with Crippen LogP contribution in [0.2, 0.25) is 0 Å². The van der Waals surface area contributed by atoms with Crippen molar-refractivity contribution in [1.82, 2.24) is 4.31 Å². The van der Waals surface area contributed by atoms with Crippen molar-refractivity contribution in [3.8, 4) is 0 Å². The van der Waals surface area contributed by atoms with Gasteiger partial charge in [0, 0.05) is 19.7 Å². The van der Waals surface area contributed by atoms with E-state index in [1.165, 1.54) is 11.1 Å². The first-order valence-electron chi connectivity index (χ1n) is 8.15. The van der Waals surface area contributed by atoms with E-state index >= 15 is 0 Å². The van der Waals surface area contributed by atoms with Crippen LogP contribution in [0, 0.1) is 6.92 Å². The van der Waals surface area contributed by atoms with Crippen LogP contribution in [0.3, 0.4) is 0 Å². The van der Waals surface area contributed by atoms with Gasteiger partial charge < -0.3 is 9.47 Å². The Hall–Kier alpha value is -0.950. The van der Waals surface area contributed by atoms with Crippen molar-refractivity contribution >= 4 is 10.0 Å². The molecule has 0 spiro atoms. The van der Waals surface area contributed by atoms with E-state index < -0.39 is 10.0 Å². The zero-order chi connectivity index (χ0) is 16.9. The Morgan fingerprint density at radius 2 is 2.04 bits per heavy atom. The van der Waals surface area contributed by atoms with Crippen molar-refractivity contribution < 1.29 is 17.9 Å². The number of fused-ring (bicyclic) bond motifs is 1. The number of nitrogens with zero attached hydrogens (tertiary/aromatic N) is 1. The quantitative estimate of drug-likeness (QED) is 0.681. The summed E-state index contributed by atoms with van der Waals surface area (Å²) in [7, 11) is -1.72. The molecule has 1 aliphatic heterocycles. The van der Waals surface area contributed by atoms with Gasteiger partial charge in [0.15, 0.2) is 0 Å². The summed E-state index contributed by atoms with van der Waals surface area (Å²) in [5.41, 5.74) is 3.65. The molecule has 0 amide bonds. The predicted molar refractivity (Wildman–Crippen MR) is 91.1 cm³/mol. The maximum Gasteiger partial charge on any atom is 0.216 e. The van der Waals surface area contributed by atoms with Crippen molar-refractivity contribution in [3.63, 3.8) is 0 Å². The van der Waals surface area contributed by atoms with Crippen molar-refractivity contribution in [2.75, 3.05) is 39.2 Å². The zero-order valence-corrected chi connectivity index (χ0v) is 15.1. The van der Waals surface area contributed by atoms with E-state index in [1.807, 2.05) is 6.92 Å². The number of hydrogen-bond donors (Lipinski definition) is 0. The summed E-state index contributed by atoms with van der Waals surface area (Å²) in [5, 5.41) is 0. The molecule has 0 radical (unpaired) electrons. The van der Waals surface area contributed by atoms with Crippen LogP contribution in [-0.4, -0.2) is 52.0 Å². The van der Waals surface area contributed by atoms with E-state index in [1.54, 1.807) is 11.4 Å². The molecule has 1 aliphatic rings. The Morgan fingerprint density at radius 1 is 1.26 bits per heavy atom. The molecule has 0 N–H and O–H groups in total.